The summed E-state index contributed by atoms with van der Waals surface area (Å²) in [6.45, 7) is 5.84. The van der Waals surface area contributed by atoms with E-state index in [-0.39, 0.29) is 11.9 Å². The van der Waals surface area contributed by atoms with E-state index in [1.165, 1.54) is 0 Å². The molecule has 1 unspecified atom stereocenters. The molecule has 1 aromatic carbocycles. The molecule has 0 aromatic heterocycles. The van der Waals surface area contributed by atoms with Crippen LogP contribution in [0.1, 0.15) is 32.3 Å². The number of carbonyl (C=O) groups excluding carboxylic acids is 1. The molecule has 0 fully saturated rings. The first kappa shape index (κ1) is 11.8. The van der Waals surface area contributed by atoms with Gasteiger partial charge in [0.05, 0.1) is 0 Å². The van der Waals surface area contributed by atoms with Gasteiger partial charge in [-0.25, -0.2) is 0 Å². The summed E-state index contributed by atoms with van der Waals surface area (Å²) in [6, 6.07) is 7.79. The second kappa shape index (κ2) is 5.54. The molecule has 82 valence electrons. The second-order valence-electron chi connectivity index (χ2n) is 3.65. The van der Waals surface area contributed by atoms with E-state index in [0.29, 0.717) is 6.42 Å². The van der Waals surface area contributed by atoms with Crippen molar-refractivity contribution in [1.82, 2.24) is 0 Å². The van der Waals surface area contributed by atoms with E-state index >= 15 is 0 Å². The van der Waals surface area contributed by atoms with Crippen molar-refractivity contribution in [3.05, 3.63) is 29.8 Å². The van der Waals surface area contributed by atoms with Gasteiger partial charge in [-0.2, -0.15) is 0 Å². The van der Waals surface area contributed by atoms with E-state index in [2.05, 4.69) is 0 Å². The topological polar surface area (TPSA) is 26.3 Å². The maximum atomic E-state index is 11.5. The molecule has 15 heavy (non-hydrogen) atoms. The van der Waals surface area contributed by atoms with E-state index in [0.717, 1.165) is 17.7 Å². The van der Waals surface area contributed by atoms with Gasteiger partial charge in [0.15, 0.2) is 11.9 Å². The van der Waals surface area contributed by atoms with Crippen LogP contribution < -0.4 is 4.74 Å². The zero-order valence-electron chi connectivity index (χ0n) is 9.62. The molecule has 0 spiro atoms. The van der Waals surface area contributed by atoms with Crippen LogP contribution >= 0.6 is 0 Å². The number of aryl methyl sites for hydroxylation is 1. The van der Waals surface area contributed by atoms with Gasteiger partial charge in [0.1, 0.15) is 5.75 Å². The fourth-order valence-electron chi connectivity index (χ4n) is 1.46. The molecule has 2 heteroatoms. The summed E-state index contributed by atoms with van der Waals surface area (Å²) in [5.41, 5.74) is 1.14. The third-order valence-corrected chi connectivity index (χ3v) is 2.35. The van der Waals surface area contributed by atoms with Gasteiger partial charge in [0, 0.05) is 6.42 Å². The molecule has 0 saturated heterocycles. The predicted molar refractivity (Wildman–Crippen MR) is 61.2 cm³/mol. The van der Waals surface area contributed by atoms with Crippen LogP contribution in [-0.4, -0.2) is 11.9 Å². The number of ether oxygens (including phenoxy) is 1. The van der Waals surface area contributed by atoms with Gasteiger partial charge in [0.2, 0.25) is 0 Å². The van der Waals surface area contributed by atoms with Crippen molar-refractivity contribution >= 4 is 5.78 Å². The van der Waals surface area contributed by atoms with E-state index in [1.54, 1.807) is 0 Å². The minimum Gasteiger partial charge on any atom is -0.483 e. The van der Waals surface area contributed by atoms with Crippen LogP contribution in [0.2, 0.25) is 0 Å². The number of benzene rings is 1. The third kappa shape index (κ3) is 3.39. The highest BCUT2D eigenvalue weighted by molar-refractivity contribution is 5.83. The minimum absolute atomic E-state index is 0.166. The van der Waals surface area contributed by atoms with Gasteiger partial charge >= 0.3 is 0 Å². The standard InChI is InChI=1S/C13H18O2/c1-4-12(14)13(5-2)15-11-8-6-7-10(3)9-11/h6-9,13H,4-5H2,1-3H3. The number of rotatable bonds is 5. The highest BCUT2D eigenvalue weighted by atomic mass is 16.5. The number of hydrogen-bond donors (Lipinski definition) is 0. The lowest BCUT2D eigenvalue weighted by atomic mass is 10.1. The lowest BCUT2D eigenvalue weighted by Gasteiger charge is -2.15. The van der Waals surface area contributed by atoms with Gasteiger partial charge in [-0.1, -0.05) is 26.0 Å². The number of hydrogen-bond acceptors (Lipinski definition) is 2. The molecule has 1 atom stereocenters. The van der Waals surface area contributed by atoms with Crippen molar-refractivity contribution in [2.75, 3.05) is 0 Å². The molecular formula is C13H18O2. The first-order chi connectivity index (χ1) is 7.17. The molecule has 0 bridgehead atoms. The molecule has 0 amide bonds. The third-order valence-electron chi connectivity index (χ3n) is 2.35. The van der Waals surface area contributed by atoms with Crippen molar-refractivity contribution in [3.63, 3.8) is 0 Å². The molecule has 0 aliphatic rings. The van der Waals surface area contributed by atoms with Crippen LogP contribution in [0.15, 0.2) is 24.3 Å². The lowest BCUT2D eigenvalue weighted by Crippen LogP contribution is -2.25. The Morgan fingerprint density at radius 3 is 2.67 bits per heavy atom. The summed E-state index contributed by atoms with van der Waals surface area (Å²) >= 11 is 0. The summed E-state index contributed by atoms with van der Waals surface area (Å²) in [5, 5.41) is 0. The normalized spacial score (nSPS) is 12.2. The van der Waals surface area contributed by atoms with Crippen molar-refractivity contribution in [1.29, 1.82) is 0 Å². The fraction of sp³-hybridized carbons (Fsp3) is 0.462. The van der Waals surface area contributed by atoms with Crippen molar-refractivity contribution in [2.45, 2.75) is 39.7 Å². The SMILES string of the molecule is CCC(=O)C(CC)Oc1cccc(C)c1. The Bertz CT molecular complexity index is 331. The highest BCUT2D eigenvalue weighted by Gasteiger charge is 2.15. The van der Waals surface area contributed by atoms with E-state index < -0.39 is 0 Å². The van der Waals surface area contributed by atoms with E-state index in [1.807, 2.05) is 45.0 Å². The summed E-state index contributed by atoms with van der Waals surface area (Å²) in [5.74, 6) is 0.947. The number of Topliss-reactive ketones (excluding diaryl/α,β-unsaturated/α-hetero) is 1. The zero-order chi connectivity index (χ0) is 11.3. The molecule has 0 radical (unpaired) electrons. The van der Waals surface area contributed by atoms with Crippen LogP contribution in [-0.2, 0) is 4.79 Å². The monoisotopic (exact) mass is 206 g/mol. The largest absolute Gasteiger partial charge is 0.483 e. The molecule has 1 aromatic rings. The second-order valence-corrected chi connectivity index (χ2v) is 3.65. The van der Waals surface area contributed by atoms with Gasteiger partial charge in [-0.15, -0.1) is 0 Å². The molecule has 2 nitrogen and oxygen atoms in total. The average molecular weight is 206 g/mol. The quantitative estimate of drug-likeness (QED) is 0.739. The summed E-state index contributed by atoms with van der Waals surface area (Å²) in [4.78, 5) is 11.5. The van der Waals surface area contributed by atoms with Crippen molar-refractivity contribution in [2.24, 2.45) is 0 Å². The van der Waals surface area contributed by atoms with E-state index in [9.17, 15) is 4.79 Å². The Labute approximate surface area is 91.3 Å². The minimum atomic E-state index is -0.295. The van der Waals surface area contributed by atoms with Gasteiger partial charge in [-0.05, 0) is 31.0 Å². The highest BCUT2D eigenvalue weighted by Crippen LogP contribution is 2.16. The van der Waals surface area contributed by atoms with Crippen LogP contribution in [0.5, 0.6) is 5.75 Å². The lowest BCUT2D eigenvalue weighted by molar-refractivity contribution is -0.125. The van der Waals surface area contributed by atoms with Crippen molar-refractivity contribution < 1.29 is 9.53 Å². The Balaban J connectivity index is 2.70. The summed E-state index contributed by atoms with van der Waals surface area (Å²) in [7, 11) is 0. The van der Waals surface area contributed by atoms with Crippen LogP contribution in [0.3, 0.4) is 0 Å². The molecule has 0 aliphatic heterocycles. The maximum absolute atomic E-state index is 11.5. The Morgan fingerprint density at radius 1 is 1.40 bits per heavy atom. The molecule has 0 saturated carbocycles. The fourth-order valence-corrected chi connectivity index (χ4v) is 1.46. The molecule has 1 rings (SSSR count). The van der Waals surface area contributed by atoms with Gasteiger partial charge in [-0.3, -0.25) is 4.79 Å². The first-order valence-corrected chi connectivity index (χ1v) is 5.43. The van der Waals surface area contributed by atoms with Gasteiger partial charge in [0.25, 0.3) is 0 Å². The summed E-state index contributed by atoms with van der Waals surface area (Å²) < 4.78 is 5.65. The number of carbonyl (C=O) groups is 1. The summed E-state index contributed by atoms with van der Waals surface area (Å²) in [6.07, 6.45) is 0.960. The Morgan fingerprint density at radius 2 is 2.13 bits per heavy atom. The smallest absolute Gasteiger partial charge is 0.172 e. The molecule has 0 N–H and O–H groups in total. The van der Waals surface area contributed by atoms with Crippen molar-refractivity contribution in [3.8, 4) is 5.75 Å². The molecule has 0 heterocycles. The van der Waals surface area contributed by atoms with Crippen LogP contribution in [0.25, 0.3) is 0 Å². The first-order valence-electron chi connectivity index (χ1n) is 5.43. The Hall–Kier alpha value is -1.31. The number of ketones is 1. The van der Waals surface area contributed by atoms with Crippen LogP contribution in [0.4, 0.5) is 0 Å². The predicted octanol–water partition coefficient (Wildman–Crippen LogP) is 3.13. The Kier molecular flexibility index (Phi) is 4.35. The average Bonchev–Trinajstić information content (AvgIpc) is 2.25. The van der Waals surface area contributed by atoms with Crippen LogP contribution in [0, 0.1) is 6.92 Å². The molecular weight excluding hydrogens is 188 g/mol. The van der Waals surface area contributed by atoms with Gasteiger partial charge < -0.3 is 4.74 Å². The maximum Gasteiger partial charge on any atom is 0.172 e. The van der Waals surface area contributed by atoms with E-state index in [4.69, 9.17) is 4.74 Å². The molecule has 0 aliphatic carbocycles. The zero-order valence-corrected chi connectivity index (χ0v) is 9.62.